The molecular formula is C21H24N4O4. The van der Waals surface area contributed by atoms with Crippen molar-refractivity contribution in [3.63, 3.8) is 0 Å². The molecule has 2 rings (SSSR count). The SMILES string of the molecule is CC=CC(=CC)Oc1ccc(-c2cc(C(N)=O)nc(NC(C)C(=O)OC)n2)cc1. The zero-order chi connectivity index (χ0) is 21.4. The number of rotatable bonds is 8. The topological polar surface area (TPSA) is 116 Å². The normalized spacial score (nSPS) is 12.5. The summed E-state index contributed by atoms with van der Waals surface area (Å²) in [7, 11) is 1.28. The maximum Gasteiger partial charge on any atom is 0.328 e. The number of aromatic nitrogens is 2. The minimum Gasteiger partial charge on any atom is -0.467 e. The van der Waals surface area contributed by atoms with Crippen molar-refractivity contribution in [2.24, 2.45) is 5.73 Å². The van der Waals surface area contributed by atoms with E-state index in [1.165, 1.54) is 13.2 Å². The first kappa shape index (κ1) is 21.6. The molecular weight excluding hydrogens is 372 g/mol. The van der Waals surface area contributed by atoms with E-state index in [-0.39, 0.29) is 11.6 Å². The molecule has 152 valence electrons. The van der Waals surface area contributed by atoms with E-state index in [0.29, 0.717) is 11.4 Å². The monoisotopic (exact) mass is 396 g/mol. The third kappa shape index (κ3) is 5.90. The maximum absolute atomic E-state index is 11.7. The lowest BCUT2D eigenvalue weighted by atomic mass is 10.1. The Bertz CT molecular complexity index is 936. The molecule has 0 fully saturated rings. The van der Waals surface area contributed by atoms with E-state index in [2.05, 4.69) is 20.0 Å². The van der Waals surface area contributed by atoms with Crippen LogP contribution in [-0.2, 0) is 9.53 Å². The molecule has 0 aliphatic rings. The Hall–Kier alpha value is -3.68. The molecule has 2 aromatic rings. The molecule has 0 saturated heterocycles. The molecule has 8 nitrogen and oxygen atoms in total. The number of ether oxygens (including phenoxy) is 2. The lowest BCUT2D eigenvalue weighted by Gasteiger charge is -2.13. The van der Waals surface area contributed by atoms with E-state index in [4.69, 9.17) is 10.5 Å². The van der Waals surface area contributed by atoms with Crippen molar-refractivity contribution in [1.82, 2.24) is 9.97 Å². The third-order valence-corrected chi connectivity index (χ3v) is 3.88. The van der Waals surface area contributed by atoms with Crippen LogP contribution >= 0.6 is 0 Å². The van der Waals surface area contributed by atoms with Crippen molar-refractivity contribution >= 4 is 17.8 Å². The number of methoxy groups -OCH3 is 1. The second kappa shape index (κ2) is 10.0. The van der Waals surface area contributed by atoms with Gasteiger partial charge in [0.2, 0.25) is 5.95 Å². The van der Waals surface area contributed by atoms with E-state index in [0.717, 1.165) is 11.3 Å². The second-order valence-electron chi connectivity index (χ2n) is 6.03. The van der Waals surface area contributed by atoms with E-state index in [1.807, 2.05) is 32.1 Å². The Balaban J connectivity index is 2.33. The summed E-state index contributed by atoms with van der Waals surface area (Å²) in [6.45, 7) is 5.40. The van der Waals surface area contributed by atoms with E-state index >= 15 is 0 Å². The summed E-state index contributed by atoms with van der Waals surface area (Å²) in [4.78, 5) is 31.7. The van der Waals surface area contributed by atoms with Crippen molar-refractivity contribution < 1.29 is 19.1 Å². The van der Waals surface area contributed by atoms with Gasteiger partial charge in [0.05, 0.1) is 12.8 Å². The molecule has 0 spiro atoms. The number of amides is 1. The first-order chi connectivity index (χ1) is 13.9. The molecule has 0 aliphatic heterocycles. The van der Waals surface area contributed by atoms with Crippen molar-refractivity contribution in [2.45, 2.75) is 26.8 Å². The standard InChI is InChI=1S/C21H24N4O4/c1-5-7-15(6-2)29-16-10-8-14(9-11-16)17-12-18(19(22)26)25-21(24-17)23-13(3)20(27)28-4/h5-13H,1-4H3,(H2,22,26)(H,23,24,25). The van der Waals surface area contributed by atoms with Crippen molar-refractivity contribution in [1.29, 1.82) is 0 Å². The number of hydrogen-bond acceptors (Lipinski definition) is 7. The Morgan fingerprint density at radius 2 is 1.86 bits per heavy atom. The second-order valence-corrected chi connectivity index (χ2v) is 6.03. The Morgan fingerprint density at radius 3 is 2.41 bits per heavy atom. The summed E-state index contributed by atoms with van der Waals surface area (Å²) in [6.07, 6.45) is 5.61. The zero-order valence-electron chi connectivity index (χ0n) is 16.8. The van der Waals surface area contributed by atoms with Crippen molar-refractivity contribution in [2.75, 3.05) is 12.4 Å². The number of carbonyl (C=O) groups is 2. The molecule has 29 heavy (non-hydrogen) atoms. The van der Waals surface area contributed by atoms with Gasteiger partial charge in [-0.15, -0.1) is 0 Å². The van der Waals surface area contributed by atoms with Crippen LogP contribution < -0.4 is 15.8 Å². The van der Waals surface area contributed by atoms with Gasteiger partial charge in [0.25, 0.3) is 5.91 Å². The molecule has 1 aromatic heterocycles. The van der Waals surface area contributed by atoms with Gasteiger partial charge in [0.1, 0.15) is 23.2 Å². The van der Waals surface area contributed by atoms with Gasteiger partial charge in [-0.2, -0.15) is 0 Å². The molecule has 1 amide bonds. The molecule has 0 saturated carbocycles. The first-order valence-electron chi connectivity index (χ1n) is 8.98. The van der Waals surface area contributed by atoms with Crippen LogP contribution in [0.3, 0.4) is 0 Å². The van der Waals surface area contributed by atoms with Gasteiger partial charge in [0, 0.05) is 5.56 Å². The summed E-state index contributed by atoms with van der Waals surface area (Å²) in [5.74, 6) is 0.288. The van der Waals surface area contributed by atoms with Gasteiger partial charge in [-0.25, -0.2) is 14.8 Å². The zero-order valence-corrected chi connectivity index (χ0v) is 16.8. The van der Waals surface area contributed by atoms with E-state index in [1.54, 1.807) is 31.2 Å². The van der Waals surface area contributed by atoms with E-state index < -0.39 is 17.9 Å². The van der Waals surface area contributed by atoms with Gasteiger partial charge in [-0.1, -0.05) is 6.08 Å². The van der Waals surface area contributed by atoms with Crippen LogP contribution in [-0.4, -0.2) is 35.0 Å². The molecule has 0 radical (unpaired) electrons. The Morgan fingerprint density at radius 1 is 1.17 bits per heavy atom. The number of allylic oxidation sites excluding steroid dienone is 3. The number of nitrogens with two attached hydrogens (primary N) is 1. The van der Waals surface area contributed by atoms with Crippen LogP contribution in [0.25, 0.3) is 11.3 Å². The van der Waals surface area contributed by atoms with Gasteiger partial charge in [0.15, 0.2) is 0 Å². The molecule has 1 aromatic carbocycles. The summed E-state index contributed by atoms with van der Waals surface area (Å²) in [6, 6.07) is 7.98. The number of nitrogens with one attached hydrogen (secondary N) is 1. The molecule has 3 N–H and O–H groups in total. The number of anilines is 1. The number of primary amides is 1. The number of nitrogens with zero attached hydrogens (tertiary/aromatic N) is 2. The van der Waals surface area contributed by atoms with E-state index in [9.17, 15) is 9.59 Å². The summed E-state index contributed by atoms with van der Waals surface area (Å²) < 4.78 is 10.5. The molecule has 1 unspecified atom stereocenters. The third-order valence-electron chi connectivity index (χ3n) is 3.88. The average molecular weight is 396 g/mol. The largest absolute Gasteiger partial charge is 0.467 e. The Labute approximate surface area is 169 Å². The molecule has 0 bridgehead atoms. The lowest BCUT2D eigenvalue weighted by molar-refractivity contribution is -0.141. The fourth-order valence-corrected chi connectivity index (χ4v) is 2.40. The lowest BCUT2D eigenvalue weighted by Crippen LogP contribution is -2.28. The fourth-order valence-electron chi connectivity index (χ4n) is 2.40. The number of carbonyl (C=O) groups excluding carboxylic acids is 2. The molecule has 1 heterocycles. The molecule has 8 heteroatoms. The molecule has 0 aliphatic carbocycles. The van der Waals surface area contributed by atoms with Crippen LogP contribution in [0.2, 0.25) is 0 Å². The molecule has 1 atom stereocenters. The fraction of sp³-hybridized carbons (Fsp3) is 0.238. The highest BCUT2D eigenvalue weighted by Crippen LogP contribution is 2.24. The van der Waals surface area contributed by atoms with Gasteiger partial charge >= 0.3 is 5.97 Å². The van der Waals surface area contributed by atoms with Crippen LogP contribution in [0.4, 0.5) is 5.95 Å². The highest BCUT2D eigenvalue weighted by Gasteiger charge is 2.17. The van der Waals surface area contributed by atoms with Crippen molar-refractivity contribution in [3.8, 4) is 17.0 Å². The van der Waals surface area contributed by atoms with Crippen molar-refractivity contribution in [3.05, 3.63) is 60.0 Å². The van der Waals surface area contributed by atoms with Crippen LogP contribution in [0, 0.1) is 0 Å². The van der Waals surface area contributed by atoms with Gasteiger partial charge in [-0.05, 0) is 63.3 Å². The first-order valence-corrected chi connectivity index (χ1v) is 8.98. The van der Waals surface area contributed by atoms with Crippen LogP contribution in [0.15, 0.2) is 54.3 Å². The van der Waals surface area contributed by atoms with Gasteiger partial charge in [-0.3, -0.25) is 4.79 Å². The highest BCUT2D eigenvalue weighted by atomic mass is 16.5. The predicted octanol–water partition coefficient (Wildman–Crippen LogP) is 3.07. The smallest absolute Gasteiger partial charge is 0.328 e. The minimum absolute atomic E-state index is 0.0270. The highest BCUT2D eigenvalue weighted by molar-refractivity contribution is 5.92. The quantitative estimate of drug-likeness (QED) is 0.400. The average Bonchev–Trinajstić information content (AvgIpc) is 2.72. The number of benzene rings is 1. The van der Waals surface area contributed by atoms with Gasteiger partial charge < -0.3 is 20.5 Å². The summed E-state index contributed by atoms with van der Waals surface area (Å²) >= 11 is 0. The van der Waals surface area contributed by atoms with Crippen LogP contribution in [0.1, 0.15) is 31.3 Å². The summed E-state index contributed by atoms with van der Waals surface area (Å²) in [5.41, 5.74) is 6.61. The Kier molecular flexibility index (Phi) is 7.47. The minimum atomic E-state index is -0.702. The number of hydrogen-bond donors (Lipinski definition) is 2. The predicted molar refractivity (Wildman–Crippen MR) is 110 cm³/mol. The summed E-state index contributed by atoms with van der Waals surface area (Å²) in [5, 5.41) is 2.81. The maximum atomic E-state index is 11.7. The number of esters is 1. The van der Waals surface area contributed by atoms with Crippen LogP contribution in [0.5, 0.6) is 5.75 Å².